The van der Waals surface area contributed by atoms with Crippen molar-refractivity contribution in [2.24, 2.45) is 0 Å². The minimum atomic E-state index is -0.498. The number of nitrogen functional groups attached to an aromatic ring is 1. The molecule has 0 saturated carbocycles. The topological polar surface area (TPSA) is 142 Å². The molecule has 10 heteroatoms. The summed E-state index contributed by atoms with van der Waals surface area (Å²) in [5.74, 6) is -1.18. The van der Waals surface area contributed by atoms with Crippen LogP contribution in [0.1, 0.15) is 26.4 Å². The van der Waals surface area contributed by atoms with Crippen molar-refractivity contribution in [3.05, 3.63) is 101 Å². The SMILES string of the molecule is Nc1ccccc1NC(=O)Cc1ccc(NC(=O)c2[nH]ncc2NC(=O)c2ccccc2Cl)cc1. The number of aromatic amines is 1. The average molecular weight is 489 g/mol. The molecule has 0 bridgehead atoms. The fourth-order valence-corrected chi connectivity index (χ4v) is 3.50. The lowest BCUT2D eigenvalue weighted by molar-refractivity contribution is -0.115. The van der Waals surface area contributed by atoms with E-state index < -0.39 is 11.8 Å². The number of carbonyl (C=O) groups is 3. The number of aromatic nitrogens is 2. The predicted molar refractivity (Wildman–Crippen MR) is 136 cm³/mol. The number of carbonyl (C=O) groups excluding carboxylic acids is 3. The van der Waals surface area contributed by atoms with Crippen LogP contribution in [0.5, 0.6) is 0 Å². The molecule has 0 fully saturated rings. The van der Waals surface area contributed by atoms with E-state index in [2.05, 4.69) is 26.1 Å². The molecule has 1 heterocycles. The Kier molecular flexibility index (Phi) is 7.08. The molecule has 3 aromatic carbocycles. The van der Waals surface area contributed by atoms with Gasteiger partial charge in [-0.25, -0.2) is 0 Å². The molecule has 0 spiro atoms. The summed E-state index contributed by atoms with van der Waals surface area (Å²) in [6, 6.07) is 20.4. The molecule has 3 amide bonds. The van der Waals surface area contributed by atoms with Gasteiger partial charge in [-0.1, -0.05) is 48.0 Å². The number of hydrogen-bond donors (Lipinski definition) is 5. The van der Waals surface area contributed by atoms with Crippen LogP contribution >= 0.6 is 11.6 Å². The van der Waals surface area contributed by atoms with Crippen LogP contribution in [0.25, 0.3) is 0 Å². The highest BCUT2D eigenvalue weighted by Crippen LogP contribution is 2.20. The minimum absolute atomic E-state index is 0.0781. The third-order valence-electron chi connectivity index (χ3n) is 5.04. The number of anilines is 4. The van der Waals surface area contributed by atoms with E-state index in [9.17, 15) is 14.4 Å². The summed E-state index contributed by atoms with van der Waals surface area (Å²) in [6.07, 6.45) is 1.48. The summed E-state index contributed by atoms with van der Waals surface area (Å²) < 4.78 is 0. The third kappa shape index (κ3) is 5.84. The van der Waals surface area contributed by atoms with Crippen LogP contribution in [-0.2, 0) is 11.2 Å². The van der Waals surface area contributed by atoms with Gasteiger partial charge in [-0.05, 0) is 42.0 Å². The van der Waals surface area contributed by atoms with Gasteiger partial charge in [0, 0.05) is 5.69 Å². The molecule has 0 aliphatic heterocycles. The third-order valence-corrected chi connectivity index (χ3v) is 5.37. The highest BCUT2D eigenvalue weighted by atomic mass is 35.5. The zero-order chi connectivity index (χ0) is 24.8. The van der Waals surface area contributed by atoms with Crippen LogP contribution in [-0.4, -0.2) is 27.9 Å². The highest BCUT2D eigenvalue weighted by Gasteiger charge is 2.18. The van der Waals surface area contributed by atoms with Crippen molar-refractivity contribution in [2.45, 2.75) is 6.42 Å². The normalized spacial score (nSPS) is 10.4. The fourth-order valence-electron chi connectivity index (χ4n) is 3.28. The van der Waals surface area contributed by atoms with E-state index >= 15 is 0 Å². The molecule has 1 aromatic heterocycles. The minimum Gasteiger partial charge on any atom is -0.397 e. The molecule has 0 atom stereocenters. The number of amides is 3. The maximum Gasteiger partial charge on any atom is 0.275 e. The summed E-state index contributed by atoms with van der Waals surface area (Å²) in [4.78, 5) is 37.6. The van der Waals surface area contributed by atoms with Crippen LogP contribution in [0.4, 0.5) is 22.7 Å². The molecule has 35 heavy (non-hydrogen) atoms. The highest BCUT2D eigenvalue weighted by molar-refractivity contribution is 6.34. The molecule has 176 valence electrons. The van der Waals surface area contributed by atoms with Crippen molar-refractivity contribution in [2.75, 3.05) is 21.7 Å². The van der Waals surface area contributed by atoms with E-state index in [1.807, 2.05) is 0 Å². The van der Waals surface area contributed by atoms with E-state index in [0.29, 0.717) is 22.1 Å². The lowest BCUT2D eigenvalue weighted by atomic mass is 10.1. The van der Waals surface area contributed by atoms with Gasteiger partial charge in [-0.2, -0.15) is 5.10 Å². The lowest BCUT2D eigenvalue weighted by Crippen LogP contribution is -2.18. The van der Waals surface area contributed by atoms with Crippen LogP contribution < -0.4 is 21.7 Å². The Balaban J connectivity index is 1.36. The van der Waals surface area contributed by atoms with Crippen molar-refractivity contribution in [3.8, 4) is 0 Å². The predicted octanol–water partition coefficient (Wildman–Crippen LogP) is 4.33. The van der Waals surface area contributed by atoms with Gasteiger partial charge in [0.05, 0.1) is 40.3 Å². The maximum atomic E-state index is 12.7. The van der Waals surface area contributed by atoms with Gasteiger partial charge in [-0.3, -0.25) is 19.5 Å². The van der Waals surface area contributed by atoms with E-state index in [0.717, 1.165) is 5.56 Å². The van der Waals surface area contributed by atoms with Crippen LogP contribution in [0.3, 0.4) is 0 Å². The first kappa shape index (κ1) is 23.5. The number of hydrogen-bond acceptors (Lipinski definition) is 5. The molecule has 6 N–H and O–H groups in total. The number of halogens is 1. The molecule has 0 saturated heterocycles. The van der Waals surface area contributed by atoms with E-state index in [1.54, 1.807) is 72.8 Å². The van der Waals surface area contributed by atoms with Gasteiger partial charge in [0.1, 0.15) is 5.69 Å². The maximum absolute atomic E-state index is 12.7. The van der Waals surface area contributed by atoms with Gasteiger partial charge in [0.15, 0.2) is 0 Å². The Morgan fingerprint density at radius 1 is 0.829 bits per heavy atom. The van der Waals surface area contributed by atoms with Crippen LogP contribution in [0, 0.1) is 0 Å². The first-order valence-electron chi connectivity index (χ1n) is 10.5. The van der Waals surface area contributed by atoms with Gasteiger partial charge in [0.25, 0.3) is 11.8 Å². The summed E-state index contributed by atoms with van der Waals surface area (Å²) in [5, 5.41) is 14.9. The Morgan fingerprint density at radius 3 is 2.29 bits per heavy atom. The smallest absolute Gasteiger partial charge is 0.275 e. The number of H-pyrrole nitrogens is 1. The molecule has 9 nitrogen and oxygen atoms in total. The van der Waals surface area contributed by atoms with E-state index in [1.165, 1.54) is 6.20 Å². The second-order valence-electron chi connectivity index (χ2n) is 7.56. The fraction of sp³-hybridized carbons (Fsp3) is 0.0400. The molecular formula is C25H21ClN6O3. The summed E-state index contributed by atoms with van der Waals surface area (Å²) in [6.45, 7) is 0. The number of benzene rings is 3. The summed E-state index contributed by atoms with van der Waals surface area (Å²) in [7, 11) is 0. The van der Waals surface area contributed by atoms with Gasteiger partial charge < -0.3 is 21.7 Å². The zero-order valence-corrected chi connectivity index (χ0v) is 19.1. The summed E-state index contributed by atoms with van der Waals surface area (Å²) >= 11 is 6.07. The number of nitrogens with one attached hydrogen (secondary N) is 4. The number of rotatable bonds is 7. The molecule has 4 aromatic rings. The Hall–Kier alpha value is -4.63. The Bertz CT molecular complexity index is 1380. The molecular weight excluding hydrogens is 468 g/mol. The number of nitrogens with zero attached hydrogens (tertiary/aromatic N) is 1. The van der Waals surface area contributed by atoms with Crippen molar-refractivity contribution >= 4 is 52.1 Å². The molecule has 0 unspecified atom stereocenters. The van der Waals surface area contributed by atoms with Gasteiger partial charge in [0.2, 0.25) is 5.91 Å². The van der Waals surface area contributed by atoms with Crippen molar-refractivity contribution in [1.82, 2.24) is 10.2 Å². The van der Waals surface area contributed by atoms with E-state index in [4.69, 9.17) is 17.3 Å². The van der Waals surface area contributed by atoms with Crippen LogP contribution in [0.15, 0.2) is 79.0 Å². The van der Waals surface area contributed by atoms with Crippen LogP contribution in [0.2, 0.25) is 5.02 Å². The van der Waals surface area contributed by atoms with Gasteiger partial charge >= 0.3 is 0 Å². The zero-order valence-electron chi connectivity index (χ0n) is 18.3. The van der Waals surface area contributed by atoms with Crippen molar-refractivity contribution in [3.63, 3.8) is 0 Å². The quantitative estimate of drug-likeness (QED) is 0.246. The number of para-hydroxylation sites is 2. The van der Waals surface area contributed by atoms with Crippen molar-refractivity contribution < 1.29 is 14.4 Å². The average Bonchev–Trinajstić information content (AvgIpc) is 3.30. The molecule has 0 aliphatic carbocycles. The molecule has 0 radical (unpaired) electrons. The van der Waals surface area contributed by atoms with E-state index in [-0.39, 0.29) is 29.3 Å². The number of nitrogens with two attached hydrogens (primary N) is 1. The lowest BCUT2D eigenvalue weighted by Gasteiger charge is -2.09. The first-order valence-corrected chi connectivity index (χ1v) is 10.9. The second kappa shape index (κ2) is 10.5. The van der Waals surface area contributed by atoms with Crippen molar-refractivity contribution in [1.29, 1.82) is 0 Å². The molecule has 4 rings (SSSR count). The Labute approximate surface area is 205 Å². The monoisotopic (exact) mass is 488 g/mol. The summed E-state index contributed by atoms with van der Waals surface area (Å²) in [5.41, 5.74) is 8.71. The second-order valence-corrected chi connectivity index (χ2v) is 7.96. The standard InChI is InChI=1S/C25H21ClN6O3/c26-18-6-2-1-5-17(18)24(34)31-21-14-28-32-23(21)25(35)29-16-11-9-15(10-12-16)13-22(33)30-20-8-4-3-7-19(20)27/h1-12,14H,13,27H2,(H,28,32)(H,29,35)(H,30,33)(H,31,34). The van der Waals surface area contributed by atoms with Gasteiger partial charge in [-0.15, -0.1) is 0 Å². The Morgan fingerprint density at radius 2 is 1.54 bits per heavy atom. The largest absolute Gasteiger partial charge is 0.397 e. The first-order chi connectivity index (χ1) is 16.9. The molecule has 0 aliphatic rings.